The maximum Gasteiger partial charge on any atom is 0.200 e. The zero-order chi connectivity index (χ0) is 12.5. The van der Waals surface area contributed by atoms with Gasteiger partial charge in [0.25, 0.3) is 0 Å². The van der Waals surface area contributed by atoms with Crippen LogP contribution in [-0.2, 0) is 6.61 Å². The Morgan fingerprint density at radius 2 is 1.94 bits per heavy atom. The minimum atomic E-state index is -0.0458. The number of carbonyl (C=O) groups excluding carboxylic acids is 1. The fraction of sp³-hybridized carbons (Fsp3) is 0.133. The molecule has 0 unspecified atom stereocenters. The van der Waals surface area contributed by atoms with Crippen LogP contribution in [0.1, 0.15) is 21.5 Å². The van der Waals surface area contributed by atoms with Gasteiger partial charge in [0.05, 0.1) is 7.11 Å². The van der Waals surface area contributed by atoms with Crippen LogP contribution in [0.15, 0.2) is 42.5 Å². The summed E-state index contributed by atoms with van der Waals surface area (Å²) in [6.07, 6.45) is 0. The van der Waals surface area contributed by atoms with E-state index in [9.17, 15) is 4.79 Å². The zero-order valence-electron chi connectivity index (χ0n) is 9.97. The molecule has 0 aromatic heterocycles. The summed E-state index contributed by atoms with van der Waals surface area (Å²) < 4.78 is 10.9. The van der Waals surface area contributed by atoms with E-state index < -0.39 is 0 Å². The molecule has 0 aliphatic carbocycles. The van der Waals surface area contributed by atoms with Crippen LogP contribution in [0.25, 0.3) is 0 Å². The molecular formula is C15H12O3. The molecule has 3 nitrogen and oxygen atoms in total. The number of rotatable bonds is 1. The van der Waals surface area contributed by atoms with Gasteiger partial charge < -0.3 is 9.47 Å². The molecule has 0 spiro atoms. The summed E-state index contributed by atoms with van der Waals surface area (Å²) in [7, 11) is 1.56. The minimum absolute atomic E-state index is 0.0458. The van der Waals surface area contributed by atoms with Crippen molar-refractivity contribution in [3.63, 3.8) is 0 Å². The molecule has 3 rings (SSSR count). The summed E-state index contributed by atoms with van der Waals surface area (Å²) in [6.45, 7) is 0.405. The van der Waals surface area contributed by atoms with Gasteiger partial charge in [0.2, 0.25) is 5.78 Å². The summed E-state index contributed by atoms with van der Waals surface area (Å²) in [6, 6.07) is 12.9. The van der Waals surface area contributed by atoms with E-state index >= 15 is 0 Å². The van der Waals surface area contributed by atoms with Crippen LogP contribution in [0.4, 0.5) is 0 Å². The van der Waals surface area contributed by atoms with Crippen molar-refractivity contribution in [1.29, 1.82) is 0 Å². The van der Waals surface area contributed by atoms with E-state index in [1.54, 1.807) is 19.2 Å². The van der Waals surface area contributed by atoms with Crippen LogP contribution in [0.3, 0.4) is 0 Å². The van der Waals surface area contributed by atoms with E-state index in [4.69, 9.17) is 9.47 Å². The Hall–Kier alpha value is -2.29. The lowest BCUT2D eigenvalue weighted by atomic mass is 9.98. The minimum Gasteiger partial charge on any atom is -0.496 e. The predicted molar refractivity (Wildman–Crippen MR) is 67.2 cm³/mol. The standard InChI is InChI=1S/C15H12O3/c1-17-12-7-4-8-13-14(12)15(16)11-6-3-2-5-10(11)9-18-13/h2-8H,9H2,1H3. The van der Waals surface area contributed by atoms with E-state index in [2.05, 4.69) is 0 Å². The number of fused-ring (bicyclic) bond motifs is 2. The second-order valence-electron chi connectivity index (χ2n) is 4.11. The number of methoxy groups -OCH3 is 1. The summed E-state index contributed by atoms with van der Waals surface area (Å²) in [5, 5.41) is 0. The first kappa shape index (κ1) is 10.8. The second kappa shape index (κ2) is 4.18. The van der Waals surface area contributed by atoms with Crippen molar-refractivity contribution in [1.82, 2.24) is 0 Å². The highest BCUT2D eigenvalue weighted by molar-refractivity contribution is 6.13. The predicted octanol–water partition coefficient (Wildman–Crippen LogP) is 2.82. The van der Waals surface area contributed by atoms with Crippen LogP contribution < -0.4 is 9.47 Å². The molecule has 2 aromatic rings. The molecule has 1 aliphatic heterocycles. The highest BCUT2D eigenvalue weighted by atomic mass is 16.5. The quantitative estimate of drug-likeness (QED) is 0.768. The zero-order valence-corrected chi connectivity index (χ0v) is 9.97. The van der Waals surface area contributed by atoms with Gasteiger partial charge in [-0.15, -0.1) is 0 Å². The van der Waals surface area contributed by atoms with Crippen molar-refractivity contribution in [2.75, 3.05) is 7.11 Å². The molecule has 0 saturated heterocycles. The average Bonchev–Trinajstić information content (AvgIpc) is 2.57. The molecule has 18 heavy (non-hydrogen) atoms. The van der Waals surface area contributed by atoms with E-state index in [0.717, 1.165) is 5.56 Å². The molecular weight excluding hydrogens is 228 g/mol. The molecule has 3 heteroatoms. The third kappa shape index (κ3) is 1.56. The molecule has 2 aromatic carbocycles. The van der Waals surface area contributed by atoms with E-state index in [0.29, 0.717) is 29.2 Å². The van der Waals surface area contributed by atoms with Crippen molar-refractivity contribution in [2.45, 2.75) is 6.61 Å². The summed E-state index contributed by atoms with van der Waals surface area (Å²) >= 11 is 0. The van der Waals surface area contributed by atoms with Gasteiger partial charge in [0.15, 0.2) is 0 Å². The van der Waals surface area contributed by atoms with E-state index in [1.807, 2.05) is 30.3 Å². The van der Waals surface area contributed by atoms with Crippen LogP contribution in [0, 0.1) is 0 Å². The Morgan fingerprint density at radius 3 is 2.78 bits per heavy atom. The lowest BCUT2D eigenvalue weighted by molar-refractivity contribution is 0.103. The van der Waals surface area contributed by atoms with Crippen molar-refractivity contribution >= 4 is 5.78 Å². The molecule has 0 fully saturated rings. The summed E-state index contributed by atoms with van der Waals surface area (Å²) in [5.74, 6) is 1.08. The van der Waals surface area contributed by atoms with Gasteiger partial charge in [-0.3, -0.25) is 4.79 Å². The van der Waals surface area contributed by atoms with Gasteiger partial charge in [-0.1, -0.05) is 30.3 Å². The summed E-state index contributed by atoms with van der Waals surface area (Å²) in [4.78, 5) is 12.5. The molecule has 0 saturated carbocycles. The summed E-state index contributed by atoms with van der Waals surface area (Å²) in [5.41, 5.74) is 2.09. The maximum absolute atomic E-state index is 12.5. The second-order valence-corrected chi connectivity index (χ2v) is 4.11. The Kier molecular flexibility index (Phi) is 2.52. The van der Waals surface area contributed by atoms with Gasteiger partial charge in [-0.25, -0.2) is 0 Å². The number of ketones is 1. The third-order valence-electron chi connectivity index (χ3n) is 3.08. The number of benzene rings is 2. The Morgan fingerprint density at radius 1 is 1.11 bits per heavy atom. The first-order valence-corrected chi connectivity index (χ1v) is 5.73. The normalized spacial score (nSPS) is 13.1. The number of carbonyl (C=O) groups is 1. The van der Waals surface area contributed by atoms with Gasteiger partial charge >= 0.3 is 0 Å². The van der Waals surface area contributed by atoms with Gasteiger partial charge in [0.1, 0.15) is 23.7 Å². The fourth-order valence-electron chi connectivity index (χ4n) is 2.18. The number of hydrogen-bond donors (Lipinski definition) is 0. The highest BCUT2D eigenvalue weighted by Crippen LogP contribution is 2.34. The largest absolute Gasteiger partial charge is 0.496 e. The number of hydrogen-bond acceptors (Lipinski definition) is 3. The van der Waals surface area contributed by atoms with Gasteiger partial charge in [-0.05, 0) is 12.1 Å². The van der Waals surface area contributed by atoms with Gasteiger partial charge in [-0.2, -0.15) is 0 Å². The SMILES string of the molecule is COc1cccc2c1C(=O)c1ccccc1CO2. The van der Waals surface area contributed by atoms with Crippen molar-refractivity contribution < 1.29 is 14.3 Å². The van der Waals surface area contributed by atoms with Crippen molar-refractivity contribution in [3.05, 3.63) is 59.2 Å². The highest BCUT2D eigenvalue weighted by Gasteiger charge is 2.25. The molecule has 90 valence electrons. The molecule has 0 N–H and O–H groups in total. The smallest absolute Gasteiger partial charge is 0.200 e. The van der Waals surface area contributed by atoms with Crippen LogP contribution in [-0.4, -0.2) is 12.9 Å². The Bertz CT molecular complexity index is 617. The average molecular weight is 240 g/mol. The Labute approximate surface area is 105 Å². The van der Waals surface area contributed by atoms with Gasteiger partial charge in [0, 0.05) is 11.1 Å². The lowest BCUT2D eigenvalue weighted by Crippen LogP contribution is -2.04. The molecule has 0 bridgehead atoms. The fourth-order valence-corrected chi connectivity index (χ4v) is 2.18. The first-order chi connectivity index (χ1) is 8.81. The number of ether oxygens (including phenoxy) is 2. The molecule has 1 heterocycles. The molecule has 1 aliphatic rings. The monoisotopic (exact) mass is 240 g/mol. The van der Waals surface area contributed by atoms with E-state index in [1.165, 1.54) is 0 Å². The van der Waals surface area contributed by atoms with Crippen molar-refractivity contribution in [3.8, 4) is 11.5 Å². The maximum atomic E-state index is 12.5. The lowest BCUT2D eigenvalue weighted by Gasteiger charge is -2.09. The first-order valence-electron chi connectivity index (χ1n) is 5.73. The van der Waals surface area contributed by atoms with Crippen LogP contribution >= 0.6 is 0 Å². The third-order valence-corrected chi connectivity index (χ3v) is 3.08. The molecule has 0 radical (unpaired) electrons. The van der Waals surface area contributed by atoms with Crippen LogP contribution in [0.2, 0.25) is 0 Å². The molecule has 0 amide bonds. The van der Waals surface area contributed by atoms with Crippen molar-refractivity contribution in [2.24, 2.45) is 0 Å². The molecule has 0 atom stereocenters. The van der Waals surface area contributed by atoms with E-state index in [-0.39, 0.29) is 5.78 Å². The topological polar surface area (TPSA) is 35.5 Å². The van der Waals surface area contributed by atoms with Crippen LogP contribution in [0.5, 0.6) is 11.5 Å². The Balaban J connectivity index is 2.24.